The van der Waals surface area contributed by atoms with Crippen LogP contribution in [0.25, 0.3) is 0 Å². The number of hydrogen-bond acceptors (Lipinski definition) is 3. The van der Waals surface area contributed by atoms with Gasteiger partial charge in [-0.15, -0.1) is 0 Å². The lowest BCUT2D eigenvalue weighted by Crippen LogP contribution is -2.26. The average Bonchev–Trinajstić information content (AvgIpc) is 2.75. The van der Waals surface area contributed by atoms with Gasteiger partial charge in [-0.3, -0.25) is 4.79 Å². The molecule has 19 heavy (non-hydrogen) atoms. The van der Waals surface area contributed by atoms with Gasteiger partial charge in [0, 0.05) is 17.7 Å². The third kappa shape index (κ3) is 2.96. The standard InChI is InChI=1S/C13H12F2N2O2/c1-7-5-12(19-17-7)13(18)16-8(2)10-4-3-9(14)6-11(10)15/h3-6,8H,1-2H3,(H,16,18). The second-order valence-corrected chi connectivity index (χ2v) is 4.19. The van der Waals surface area contributed by atoms with Crippen LogP contribution in [-0.4, -0.2) is 11.1 Å². The van der Waals surface area contributed by atoms with Crippen LogP contribution in [0.5, 0.6) is 0 Å². The van der Waals surface area contributed by atoms with Gasteiger partial charge in [0.1, 0.15) is 11.6 Å². The second-order valence-electron chi connectivity index (χ2n) is 4.19. The first-order valence-electron chi connectivity index (χ1n) is 5.66. The van der Waals surface area contributed by atoms with Crippen molar-refractivity contribution in [1.82, 2.24) is 10.5 Å². The molecule has 1 aromatic heterocycles. The summed E-state index contributed by atoms with van der Waals surface area (Å²) >= 11 is 0. The summed E-state index contributed by atoms with van der Waals surface area (Å²) in [6, 6.07) is 4.07. The predicted molar refractivity (Wildman–Crippen MR) is 63.5 cm³/mol. The maximum atomic E-state index is 13.5. The zero-order chi connectivity index (χ0) is 14.0. The van der Waals surface area contributed by atoms with Crippen molar-refractivity contribution in [3.05, 3.63) is 52.9 Å². The first-order chi connectivity index (χ1) is 8.97. The van der Waals surface area contributed by atoms with Crippen molar-refractivity contribution in [3.8, 4) is 0 Å². The third-order valence-corrected chi connectivity index (χ3v) is 2.63. The van der Waals surface area contributed by atoms with Gasteiger partial charge in [-0.25, -0.2) is 8.78 Å². The van der Waals surface area contributed by atoms with E-state index in [9.17, 15) is 13.6 Å². The number of nitrogens with one attached hydrogen (secondary N) is 1. The van der Waals surface area contributed by atoms with E-state index in [1.807, 2.05) is 0 Å². The number of nitrogens with zero attached hydrogens (tertiary/aromatic N) is 1. The molecule has 2 rings (SSSR count). The van der Waals surface area contributed by atoms with Crippen LogP contribution in [0.4, 0.5) is 8.78 Å². The fourth-order valence-corrected chi connectivity index (χ4v) is 1.67. The zero-order valence-corrected chi connectivity index (χ0v) is 10.4. The Kier molecular flexibility index (Phi) is 3.59. The van der Waals surface area contributed by atoms with Gasteiger partial charge in [-0.2, -0.15) is 0 Å². The minimum Gasteiger partial charge on any atom is -0.351 e. The quantitative estimate of drug-likeness (QED) is 0.929. The third-order valence-electron chi connectivity index (χ3n) is 2.63. The van der Waals surface area contributed by atoms with Crippen LogP contribution in [-0.2, 0) is 0 Å². The first-order valence-corrected chi connectivity index (χ1v) is 5.66. The molecule has 0 aliphatic carbocycles. The lowest BCUT2D eigenvalue weighted by atomic mass is 10.1. The van der Waals surface area contributed by atoms with Crippen LogP contribution in [0.1, 0.15) is 34.8 Å². The Morgan fingerprint density at radius 2 is 2.11 bits per heavy atom. The number of rotatable bonds is 3. The summed E-state index contributed by atoms with van der Waals surface area (Å²) in [5.74, 6) is -1.82. The van der Waals surface area contributed by atoms with Crippen LogP contribution < -0.4 is 5.32 Å². The molecule has 0 aliphatic heterocycles. The fraction of sp³-hybridized carbons (Fsp3) is 0.231. The van der Waals surface area contributed by atoms with E-state index in [1.165, 1.54) is 12.1 Å². The maximum absolute atomic E-state index is 13.5. The molecular formula is C13H12F2N2O2. The lowest BCUT2D eigenvalue weighted by Gasteiger charge is -2.13. The van der Waals surface area contributed by atoms with Gasteiger partial charge in [0.15, 0.2) is 0 Å². The normalized spacial score (nSPS) is 12.2. The Hall–Kier alpha value is -2.24. The molecule has 100 valence electrons. The highest BCUT2D eigenvalue weighted by atomic mass is 19.1. The van der Waals surface area contributed by atoms with Gasteiger partial charge in [-0.05, 0) is 19.9 Å². The number of halogens is 2. The zero-order valence-electron chi connectivity index (χ0n) is 10.4. The Bertz CT molecular complexity index is 610. The van der Waals surface area contributed by atoms with E-state index in [1.54, 1.807) is 13.8 Å². The molecule has 0 spiro atoms. The number of aromatic nitrogens is 1. The summed E-state index contributed by atoms with van der Waals surface area (Å²) in [5.41, 5.74) is 0.775. The number of hydrogen-bond donors (Lipinski definition) is 1. The number of aryl methyl sites for hydroxylation is 1. The summed E-state index contributed by atoms with van der Waals surface area (Å²) in [6.45, 7) is 3.28. The molecular weight excluding hydrogens is 254 g/mol. The van der Waals surface area contributed by atoms with Crippen molar-refractivity contribution < 1.29 is 18.1 Å². The molecule has 1 aromatic carbocycles. The minimum atomic E-state index is -0.707. The Labute approximate surface area is 108 Å². The number of carbonyl (C=O) groups is 1. The highest BCUT2D eigenvalue weighted by molar-refractivity contribution is 5.91. The summed E-state index contributed by atoms with van der Waals surface area (Å²) in [4.78, 5) is 11.8. The molecule has 4 nitrogen and oxygen atoms in total. The molecule has 6 heteroatoms. The van der Waals surface area contributed by atoms with Crippen LogP contribution in [0.2, 0.25) is 0 Å². The van der Waals surface area contributed by atoms with Crippen LogP contribution in [0.15, 0.2) is 28.8 Å². The number of amides is 1. The fourth-order valence-electron chi connectivity index (χ4n) is 1.67. The molecule has 0 bridgehead atoms. The minimum absolute atomic E-state index is 0.0480. The molecule has 0 radical (unpaired) electrons. The highest BCUT2D eigenvalue weighted by Crippen LogP contribution is 2.18. The Morgan fingerprint density at radius 3 is 2.68 bits per heavy atom. The van der Waals surface area contributed by atoms with Gasteiger partial charge >= 0.3 is 0 Å². The van der Waals surface area contributed by atoms with E-state index in [2.05, 4.69) is 10.5 Å². The second kappa shape index (κ2) is 5.17. The summed E-state index contributed by atoms with van der Waals surface area (Å²) < 4.78 is 31.1. The highest BCUT2D eigenvalue weighted by Gasteiger charge is 2.17. The molecule has 1 atom stereocenters. The van der Waals surface area contributed by atoms with E-state index < -0.39 is 23.6 Å². The number of benzene rings is 1. The lowest BCUT2D eigenvalue weighted by molar-refractivity contribution is 0.0902. The molecule has 0 saturated heterocycles. The van der Waals surface area contributed by atoms with Gasteiger partial charge < -0.3 is 9.84 Å². The van der Waals surface area contributed by atoms with E-state index in [0.29, 0.717) is 5.69 Å². The molecule has 0 saturated carbocycles. The van der Waals surface area contributed by atoms with Crippen LogP contribution in [0.3, 0.4) is 0 Å². The first kappa shape index (κ1) is 13.2. The number of carbonyl (C=O) groups excluding carboxylic acids is 1. The van der Waals surface area contributed by atoms with E-state index in [-0.39, 0.29) is 11.3 Å². The van der Waals surface area contributed by atoms with Crippen molar-refractivity contribution in [3.63, 3.8) is 0 Å². The van der Waals surface area contributed by atoms with Gasteiger partial charge in [0.25, 0.3) is 5.91 Å². The van der Waals surface area contributed by atoms with Gasteiger partial charge in [0.2, 0.25) is 5.76 Å². The monoisotopic (exact) mass is 266 g/mol. The summed E-state index contributed by atoms with van der Waals surface area (Å²) in [7, 11) is 0. The molecule has 1 heterocycles. The van der Waals surface area contributed by atoms with E-state index in [0.717, 1.165) is 12.1 Å². The molecule has 1 amide bonds. The van der Waals surface area contributed by atoms with Crippen molar-refractivity contribution in [2.75, 3.05) is 0 Å². The topological polar surface area (TPSA) is 55.1 Å². The van der Waals surface area contributed by atoms with Crippen molar-refractivity contribution in [1.29, 1.82) is 0 Å². The average molecular weight is 266 g/mol. The Morgan fingerprint density at radius 1 is 1.37 bits per heavy atom. The molecule has 1 unspecified atom stereocenters. The van der Waals surface area contributed by atoms with Crippen LogP contribution in [0, 0.1) is 18.6 Å². The predicted octanol–water partition coefficient (Wildman–Crippen LogP) is 2.75. The molecule has 0 aliphatic rings. The van der Waals surface area contributed by atoms with Gasteiger partial charge in [0.05, 0.1) is 11.7 Å². The van der Waals surface area contributed by atoms with Crippen LogP contribution >= 0.6 is 0 Å². The smallest absolute Gasteiger partial charge is 0.290 e. The summed E-state index contributed by atoms with van der Waals surface area (Å²) in [5, 5.41) is 6.14. The maximum Gasteiger partial charge on any atom is 0.290 e. The van der Waals surface area contributed by atoms with E-state index >= 15 is 0 Å². The Balaban J connectivity index is 2.12. The van der Waals surface area contributed by atoms with Crippen molar-refractivity contribution >= 4 is 5.91 Å². The van der Waals surface area contributed by atoms with E-state index in [4.69, 9.17) is 4.52 Å². The van der Waals surface area contributed by atoms with Crippen molar-refractivity contribution in [2.45, 2.75) is 19.9 Å². The summed E-state index contributed by atoms with van der Waals surface area (Å²) in [6.07, 6.45) is 0. The van der Waals surface area contributed by atoms with Crippen molar-refractivity contribution in [2.24, 2.45) is 0 Å². The van der Waals surface area contributed by atoms with Gasteiger partial charge in [-0.1, -0.05) is 11.2 Å². The molecule has 2 aromatic rings. The molecule has 1 N–H and O–H groups in total. The SMILES string of the molecule is Cc1cc(C(=O)NC(C)c2ccc(F)cc2F)on1. The molecule has 0 fully saturated rings. The largest absolute Gasteiger partial charge is 0.351 e.